The normalized spacial score (nSPS) is 14.0. The Morgan fingerprint density at radius 3 is 2.85 bits per heavy atom. The first-order valence-electron chi connectivity index (χ1n) is 6.26. The summed E-state index contributed by atoms with van der Waals surface area (Å²) in [7, 11) is 0. The number of hydrogen-bond donors (Lipinski definition) is 1. The van der Waals surface area contributed by atoms with Gasteiger partial charge in [0.25, 0.3) is 0 Å². The van der Waals surface area contributed by atoms with Gasteiger partial charge in [0.1, 0.15) is 0 Å². The molecule has 102 valence electrons. The van der Waals surface area contributed by atoms with E-state index in [0.29, 0.717) is 23.5 Å². The van der Waals surface area contributed by atoms with Gasteiger partial charge >= 0.3 is 5.97 Å². The second-order valence-electron chi connectivity index (χ2n) is 4.53. The van der Waals surface area contributed by atoms with Gasteiger partial charge in [0.2, 0.25) is 6.79 Å². The zero-order chi connectivity index (χ0) is 13.9. The number of nitrogens with zero attached hydrogens (tertiary/aromatic N) is 1. The van der Waals surface area contributed by atoms with E-state index in [1.165, 1.54) is 0 Å². The van der Waals surface area contributed by atoms with Crippen LogP contribution in [-0.2, 0) is 11.2 Å². The van der Waals surface area contributed by atoms with Crippen LogP contribution in [0.3, 0.4) is 0 Å². The molecule has 1 aromatic carbocycles. The average molecular weight is 271 g/mol. The van der Waals surface area contributed by atoms with Crippen LogP contribution in [0.25, 0.3) is 0 Å². The summed E-state index contributed by atoms with van der Waals surface area (Å²) in [4.78, 5) is 15.7. The summed E-state index contributed by atoms with van der Waals surface area (Å²) >= 11 is 0. The van der Waals surface area contributed by atoms with E-state index in [0.717, 1.165) is 5.69 Å². The molecule has 1 aliphatic heterocycles. The first-order chi connectivity index (χ1) is 9.74. The van der Waals surface area contributed by atoms with Crippen molar-refractivity contribution >= 4 is 5.97 Å². The summed E-state index contributed by atoms with van der Waals surface area (Å²) < 4.78 is 10.5. The van der Waals surface area contributed by atoms with E-state index >= 15 is 0 Å². The highest BCUT2D eigenvalue weighted by Crippen LogP contribution is 2.35. The monoisotopic (exact) mass is 271 g/mol. The molecule has 1 unspecified atom stereocenters. The Bertz CT molecular complexity index is 627. The molecule has 2 heterocycles. The highest BCUT2D eigenvalue weighted by atomic mass is 16.7. The molecule has 1 aromatic heterocycles. The Kier molecular flexibility index (Phi) is 3.25. The Balaban J connectivity index is 1.89. The lowest BCUT2D eigenvalue weighted by Crippen LogP contribution is -2.15. The molecular formula is C15H13NO4. The van der Waals surface area contributed by atoms with Crippen molar-refractivity contribution in [3.05, 3.63) is 53.9 Å². The summed E-state index contributed by atoms with van der Waals surface area (Å²) in [5, 5.41) is 9.44. The van der Waals surface area contributed by atoms with Crippen molar-refractivity contribution in [3.63, 3.8) is 0 Å². The van der Waals surface area contributed by atoms with E-state index in [9.17, 15) is 9.90 Å². The van der Waals surface area contributed by atoms with E-state index in [-0.39, 0.29) is 6.79 Å². The van der Waals surface area contributed by atoms with Crippen molar-refractivity contribution in [2.75, 3.05) is 6.79 Å². The van der Waals surface area contributed by atoms with Crippen molar-refractivity contribution in [2.24, 2.45) is 0 Å². The van der Waals surface area contributed by atoms with Crippen LogP contribution in [-0.4, -0.2) is 22.9 Å². The second kappa shape index (κ2) is 5.21. The highest BCUT2D eigenvalue weighted by Gasteiger charge is 2.23. The second-order valence-corrected chi connectivity index (χ2v) is 4.53. The minimum atomic E-state index is -0.880. The van der Waals surface area contributed by atoms with Crippen LogP contribution in [0.1, 0.15) is 17.2 Å². The van der Waals surface area contributed by atoms with Gasteiger partial charge in [-0.05, 0) is 29.8 Å². The molecule has 0 spiro atoms. The molecule has 5 nitrogen and oxygen atoms in total. The maximum atomic E-state index is 11.5. The lowest BCUT2D eigenvalue weighted by molar-refractivity contribution is -0.138. The van der Waals surface area contributed by atoms with Crippen LogP contribution in [0, 0.1) is 0 Å². The topological polar surface area (TPSA) is 68.7 Å². The first-order valence-corrected chi connectivity index (χ1v) is 6.26. The van der Waals surface area contributed by atoms with E-state index in [4.69, 9.17) is 9.47 Å². The summed E-state index contributed by atoms with van der Waals surface area (Å²) in [6.07, 6.45) is 2.00. The zero-order valence-corrected chi connectivity index (χ0v) is 10.7. The lowest BCUT2D eigenvalue weighted by atomic mass is 9.94. The van der Waals surface area contributed by atoms with Crippen LogP contribution in [0.5, 0.6) is 11.5 Å². The number of carboxylic acid groups (broad SMARTS) is 1. The maximum absolute atomic E-state index is 11.5. The van der Waals surface area contributed by atoms with Crippen LogP contribution < -0.4 is 9.47 Å². The molecular weight excluding hydrogens is 258 g/mol. The van der Waals surface area contributed by atoms with E-state index < -0.39 is 11.9 Å². The molecule has 1 N–H and O–H groups in total. The summed E-state index contributed by atoms with van der Waals surface area (Å²) in [6.45, 7) is 0.177. The lowest BCUT2D eigenvalue weighted by Gasteiger charge is -2.12. The Hall–Kier alpha value is -2.56. The fourth-order valence-corrected chi connectivity index (χ4v) is 2.21. The summed E-state index contributed by atoms with van der Waals surface area (Å²) in [5.74, 6) is -0.292. The van der Waals surface area contributed by atoms with Gasteiger partial charge in [0, 0.05) is 18.3 Å². The number of ether oxygens (including phenoxy) is 2. The number of fused-ring (bicyclic) bond motifs is 1. The number of rotatable bonds is 4. The third-order valence-electron chi connectivity index (χ3n) is 3.24. The third kappa shape index (κ3) is 2.42. The minimum Gasteiger partial charge on any atom is -0.481 e. The number of hydrogen-bond acceptors (Lipinski definition) is 4. The van der Waals surface area contributed by atoms with Crippen LogP contribution >= 0.6 is 0 Å². The molecule has 0 fully saturated rings. The van der Waals surface area contributed by atoms with Gasteiger partial charge in [-0.3, -0.25) is 9.78 Å². The molecule has 5 heteroatoms. The van der Waals surface area contributed by atoms with Gasteiger partial charge in [0.15, 0.2) is 11.5 Å². The van der Waals surface area contributed by atoms with Gasteiger partial charge in [0.05, 0.1) is 5.92 Å². The molecule has 0 saturated heterocycles. The van der Waals surface area contributed by atoms with E-state index in [1.807, 2.05) is 12.1 Å². The highest BCUT2D eigenvalue weighted by molar-refractivity contribution is 5.77. The van der Waals surface area contributed by atoms with E-state index in [2.05, 4.69) is 4.98 Å². The fraction of sp³-hybridized carbons (Fsp3) is 0.200. The largest absolute Gasteiger partial charge is 0.481 e. The Morgan fingerprint density at radius 2 is 2.10 bits per heavy atom. The van der Waals surface area contributed by atoms with Crippen molar-refractivity contribution in [1.29, 1.82) is 0 Å². The van der Waals surface area contributed by atoms with Crippen LogP contribution in [0.2, 0.25) is 0 Å². The molecule has 0 aliphatic carbocycles. The molecule has 20 heavy (non-hydrogen) atoms. The summed E-state index contributed by atoms with van der Waals surface area (Å²) in [6, 6.07) is 10.7. The maximum Gasteiger partial charge on any atom is 0.311 e. The predicted molar refractivity (Wildman–Crippen MR) is 70.9 cm³/mol. The number of aromatic nitrogens is 1. The predicted octanol–water partition coefficient (Wildman–Crippen LogP) is 2.22. The van der Waals surface area contributed by atoms with Gasteiger partial charge < -0.3 is 14.6 Å². The van der Waals surface area contributed by atoms with Crippen molar-refractivity contribution in [1.82, 2.24) is 4.98 Å². The zero-order valence-electron chi connectivity index (χ0n) is 10.7. The smallest absolute Gasteiger partial charge is 0.311 e. The van der Waals surface area contributed by atoms with Crippen molar-refractivity contribution in [3.8, 4) is 11.5 Å². The molecule has 2 aromatic rings. The molecule has 0 saturated carbocycles. The van der Waals surface area contributed by atoms with Crippen LogP contribution in [0.15, 0.2) is 42.6 Å². The fourth-order valence-electron chi connectivity index (χ4n) is 2.21. The van der Waals surface area contributed by atoms with Crippen LogP contribution in [0.4, 0.5) is 0 Å². The minimum absolute atomic E-state index is 0.177. The average Bonchev–Trinajstić information content (AvgIpc) is 2.93. The number of benzene rings is 1. The molecule has 0 amide bonds. The molecule has 0 bridgehead atoms. The SMILES string of the molecule is O=C(O)C(Cc1ccccn1)c1ccc2c(c1)OCO2. The van der Waals surface area contributed by atoms with E-state index in [1.54, 1.807) is 30.5 Å². The molecule has 1 aliphatic rings. The van der Waals surface area contributed by atoms with Gasteiger partial charge in [-0.25, -0.2) is 0 Å². The third-order valence-corrected chi connectivity index (χ3v) is 3.24. The number of aliphatic carboxylic acids is 1. The van der Waals surface area contributed by atoms with Crippen molar-refractivity contribution in [2.45, 2.75) is 12.3 Å². The molecule has 0 radical (unpaired) electrons. The Morgan fingerprint density at radius 1 is 1.25 bits per heavy atom. The molecule has 3 rings (SSSR count). The number of carboxylic acids is 1. The molecule has 1 atom stereocenters. The first kappa shape index (κ1) is 12.5. The number of pyridine rings is 1. The van der Waals surface area contributed by atoms with Crippen molar-refractivity contribution < 1.29 is 19.4 Å². The standard InChI is InChI=1S/C15H13NO4/c17-15(18)12(8-11-3-1-2-6-16-11)10-4-5-13-14(7-10)20-9-19-13/h1-7,12H,8-9H2,(H,17,18). The van der Waals surface area contributed by atoms with Gasteiger partial charge in [-0.2, -0.15) is 0 Å². The van der Waals surface area contributed by atoms with Gasteiger partial charge in [-0.1, -0.05) is 12.1 Å². The number of carbonyl (C=O) groups is 1. The quantitative estimate of drug-likeness (QED) is 0.923. The Labute approximate surface area is 115 Å². The summed E-state index contributed by atoms with van der Waals surface area (Å²) in [5.41, 5.74) is 1.44. The van der Waals surface area contributed by atoms with Gasteiger partial charge in [-0.15, -0.1) is 0 Å².